The van der Waals surface area contributed by atoms with Crippen molar-refractivity contribution < 1.29 is 25.9 Å². The van der Waals surface area contributed by atoms with E-state index in [9.17, 15) is 0 Å². The van der Waals surface area contributed by atoms with Crippen molar-refractivity contribution in [3.8, 4) is 33.6 Å². The van der Waals surface area contributed by atoms with Crippen LogP contribution >= 0.6 is 0 Å². The van der Waals surface area contributed by atoms with Crippen LogP contribution in [0.15, 0.2) is 120 Å². The van der Waals surface area contributed by atoms with Crippen molar-refractivity contribution in [1.82, 2.24) is 9.97 Å². The van der Waals surface area contributed by atoms with Crippen LogP contribution in [0.2, 0.25) is 17.3 Å². The largest absolute Gasteiger partial charge is 0.500 e. The molecule has 0 unspecified atom stereocenters. The van der Waals surface area contributed by atoms with Crippen molar-refractivity contribution in [2.45, 2.75) is 63.2 Å². The minimum atomic E-state index is -1.76. The van der Waals surface area contributed by atoms with E-state index in [2.05, 4.69) is 121 Å². The Balaban J connectivity index is 0.000000204. The second-order valence-electron chi connectivity index (χ2n) is 14.7. The third kappa shape index (κ3) is 8.49. The summed E-state index contributed by atoms with van der Waals surface area (Å²) in [6.45, 7) is 10.5. The molecule has 0 amide bonds. The number of benzene rings is 4. The minimum Gasteiger partial charge on any atom is -0.500 e. The standard InChI is InChI=1S/C26H20NO.C18H24GeN.Ir/c1-17(2)19-12-13-27-24(16-19)21-9-11-26-23(15-21)22-14-20(8-10-25(22)28-26)18-6-4-3-5-7-18;1-18(2,3)15-9-7-8-14(12-15)17-11-10-16(13-20-17)19(4,5)6;/h3-8,10-17H,1-2H3;7,9-13H,1-6H3;/q2*-1;/i17D;;. The first kappa shape index (κ1) is 35.0. The molecule has 0 aliphatic rings. The van der Waals surface area contributed by atoms with Crippen LogP contribution in [0.5, 0.6) is 0 Å². The Bertz CT molecular complexity index is 2220. The molecule has 7 rings (SSSR count). The first-order chi connectivity index (χ1) is 23.2. The summed E-state index contributed by atoms with van der Waals surface area (Å²) in [5, 5.41) is 2.12. The van der Waals surface area contributed by atoms with Crippen LogP contribution in [0, 0.1) is 12.1 Å². The van der Waals surface area contributed by atoms with Crippen LogP contribution in [0.1, 0.15) is 53.0 Å². The van der Waals surface area contributed by atoms with Gasteiger partial charge in [0.25, 0.3) is 0 Å². The van der Waals surface area contributed by atoms with Gasteiger partial charge in [-0.05, 0) is 40.9 Å². The van der Waals surface area contributed by atoms with Crippen LogP contribution in [-0.4, -0.2) is 23.2 Å². The summed E-state index contributed by atoms with van der Waals surface area (Å²) in [6, 6.07) is 41.8. The van der Waals surface area contributed by atoms with Crippen molar-refractivity contribution in [2.75, 3.05) is 0 Å². The second kappa shape index (κ2) is 15.0. The quantitative estimate of drug-likeness (QED) is 0.128. The van der Waals surface area contributed by atoms with Gasteiger partial charge in [0.2, 0.25) is 0 Å². The number of furan rings is 1. The Kier molecular flexibility index (Phi) is 10.7. The normalized spacial score (nSPS) is 12.2. The van der Waals surface area contributed by atoms with E-state index in [0.29, 0.717) is 0 Å². The Labute approximate surface area is 309 Å². The average molecular weight is 883 g/mol. The number of fused-ring (bicyclic) bond motifs is 3. The fourth-order valence-corrected chi connectivity index (χ4v) is 7.82. The first-order valence-electron chi connectivity index (χ1n) is 17.1. The van der Waals surface area contributed by atoms with Crippen LogP contribution in [0.25, 0.3) is 55.6 Å². The predicted molar refractivity (Wildman–Crippen MR) is 206 cm³/mol. The first-order valence-corrected chi connectivity index (χ1v) is 23.9. The molecule has 0 aliphatic carbocycles. The summed E-state index contributed by atoms with van der Waals surface area (Å²) in [6.07, 6.45) is 3.83. The van der Waals surface area contributed by atoms with Crippen molar-refractivity contribution in [3.63, 3.8) is 0 Å². The molecule has 0 fully saturated rings. The van der Waals surface area contributed by atoms with E-state index in [1.54, 1.807) is 6.20 Å². The molecule has 0 N–H and O–H groups in total. The van der Waals surface area contributed by atoms with E-state index >= 15 is 0 Å². The molecule has 0 saturated heterocycles. The summed E-state index contributed by atoms with van der Waals surface area (Å²) >= 11 is -1.76. The van der Waals surface area contributed by atoms with Gasteiger partial charge in [-0.25, -0.2) is 0 Å². The molecule has 0 saturated carbocycles. The molecule has 3 aromatic heterocycles. The molecule has 0 aliphatic heterocycles. The zero-order valence-corrected chi connectivity index (χ0v) is 34.1. The summed E-state index contributed by atoms with van der Waals surface area (Å²) < 4.78 is 15.8. The van der Waals surface area contributed by atoms with Crippen LogP contribution in [-0.2, 0) is 25.5 Å². The van der Waals surface area contributed by atoms with Crippen molar-refractivity contribution in [3.05, 3.63) is 139 Å². The SMILES string of the molecule is CC(C)(C)c1cc[c-]c(-c2cc[c]([Ge]([CH3])([CH3])[CH3])cn2)c1.[2H]C(C)(C)c1ccnc(-c2[c-]cc3oc4ccc(-c5ccccc5)cc4c3c2)c1.[Ir]. The maximum Gasteiger partial charge on any atom is 0.121 e. The number of aromatic nitrogens is 2. The van der Waals surface area contributed by atoms with Crippen molar-refractivity contribution >= 4 is 39.6 Å². The Morgan fingerprint density at radius 3 is 2.14 bits per heavy atom. The second-order valence-corrected chi connectivity index (χ2v) is 25.3. The van der Waals surface area contributed by atoms with Gasteiger partial charge >= 0.3 is 126 Å². The van der Waals surface area contributed by atoms with Gasteiger partial charge in [-0.1, -0.05) is 67.3 Å². The number of hydrogen-bond donors (Lipinski definition) is 0. The summed E-state index contributed by atoms with van der Waals surface area (Å²) in [4.78, 5) is 9.17. The van der Waals surface area contributed by atoms with Gasteiger partial charge in [0.05, 0.1) is 5.58 Å². The number of nitrogens with zero attached hydrogens (tertiary/aromatic N) is 2. The number of hydrogen-bond acceptors (Lipinski definition) is 3. The molecule has 0 atom stereocenters. The van der Waals surface area contributed by atoms with E-state index in [1.807, 2.05) is 62.4 Å². The van der Waals surface area contributed by atoms with Gasteiger partial charge in [-0.3, -0.25) is 0 Å². The van der Waals surface area contributed by atoms with Gasteiger partial charge in [0.15, 0.2) is 0 Å². The topological polar surface area (TPSA) is 38.9 Å². The summed E-state index contributed by atoms with van der Waals surface area (Å²) in [5.74, 6) is 6.50. The Morgan fingerprint density at radius 2 is 1.47 bits per heavy atom. The van der Waals surface area contributed by atoms with Crippen LogP contribution in [0.4, 0.5) is 0 Å². The maximum atomic E-state index is 8.30. The molecular formula is C44H44GeIrN2O-2. The fraction of sp³-hybridized carbons (Fsp3) is 0.227. The Hall–Kier alpha value is -3.83. The van der Waals surface area contributed by atoms with Crippen molar-refractivity contribution in [1.29, 1.82) is 0 Å². The van der Waals surface area contributed by atoms with Crippen LogP contribution < -0.4 is 4.40 Å². The Morgan fingerprint density at radius 1 is 0.735 bits per heavy atom. The van der Waals surface area contributed by atoms with Gasteiger partial charge in [-0.15, -0.1) is 23.8 Å². The molecule has 5 heteroatoms. The number of pyridine rings is 2. The van der Waals surface area contributed by atoms with E-state index in [4.69, 9.17) is 5.79 Å². The van der Waals surface area contributed by atoms with Gasteiger partial charge in [0.1, 0.15) is 5.58 Å². The van der Waals surface area contributed by atoms with Gasteiger partial charge in [0, 0.05) is 33.1 Å². The molecule has 0 spiro atoms. The van der Waals surface area contributed by atoms with E-state index in [0.717, 1.165) is 55.6 Å². The molecular weight excluding hydrogens is 837 g/mol. The van der Waals surface area contributed by atoms with Gasteiger partial charge < -0.3 is 9.40 Å². The van der Waals surface area contributed by atoms with Crippen LogP contribution in [0.3, 0.4) is 0 Å². The smallest absolute Gasteiger partial charge is 0.121 e. The molecule has 251 valence electrons. The third-order valence-electron chi connectivity index (χ3n) is 8.70. The van der Waals surface area contributed by atoms with Crippen molar-refractivity contribution in [2.24, 2.45) is 0 Å². The summed E-state index contributed by atoms with van der Waals surface area (Å²) in [7, 11) is 0. The molecule has 1 radical (unpaired) electrons. The average Bonchev–Trinajstić information content (AvgIpc) is 3.45. The van der Waals surface area contributed by atoms with E-state index in [-0.39, 0.29) is 25.5 Å². The third-order valence-corrected chi connectivity index (χ3v) is 13.0. The molecule has 4 aromatic carbocycles. The summed E-state index contributed by atoms with van der Waals surface area (Å²) in [5.41, 5.74) is 10.2. The zero-order chi connectivity index (χ0) is 35.0. The van der Waals surface area contributed by atoms with Gasteiger partial charge in [-0.2, -0.15) is 0 Å². The van der Waals surface area contributed by atoms with E-state index < -0.39 is 19.2 Å². The molecule has 7 aromatic rings. The molecule has 3 nitrogen and oxygen atoms in total. The predicted octanol–water partition coefficient (Wildman–Crippen LogP) is 11.6. The maximum absolute atomic E-state index is 8.30. The molecule has 3 heterocycles. The number of rotatable bonds is 5. The minimum absolute atomic E-state index is 0. The monoisotopic (exact) mass is 884 g/mol. The van der Waals surface area contributed by atoms with E-state index in [1.165, 1.54) is 15.5 Å². The zero-order valence-electron chi connectivity index (χ0n) is 30.6. The fourth-order valence-electron chi connectivity index (χ4n) is 5.65. The molecule has 49 heavy (non-hydrogen) atoms. The molecule has 0 bridgehead atoms.